The molecule has 0 aliphatic carbocycles. The Morgan fingerprint density at radius 1 is 0.519 bits per heavy atom. The Labute approximate surface area is 327 Å². The van der Waals surface area contributed by atoms with E-state index in [1.165, 1.54) is 101 Å². The standard InChI is InChI=1S/C25H39NO4.C21H32O3/c1-5-6-7-8-9-10-11-12-23-13-15-24(16-14-23)29-19-20-30-25(27)26-17-18-28-22(4)21(2)3;1-4-5-6-7-8-9-10-11-19-12-14-20(15-13-19)23-16-17-24-21(22)18(2)3/h13-16H,2,4-12,17-20H2,1,3H3,(H,26,27);12-15H,2,4-11,16-17H2,1,3H3. The van der Waals surface area contributed by atoms with Crippen LogP contribution in [0.15, 0.2) is 85.2 Å². The predicted octanol–water partition coefficient (Wildman–Crippen LogP) is 11.7. The van der Waals surface area contributed by atoms with E-state index >= 15 is 0 Å². The van der Waals surface area contributed by atoms with Crippen molar-refractivity contribution in [2.45, 2.75) is 130 Å². The summed E-state index contributed by atoms with van der Waals surface area (Å²) in [4.78, 5) is 22.8. The molecule has 0 fully saturated rings. The number of carbonyl (C=O) groups excluding carboxylic acids is 2. The molecule has 54 heavy (non-hydrogen) atoms. The highest BCUT2D eigenvalue weighted by Crippen LogP contribution is 2.17. The van der Waals surface area contributed by atoms with Gasteiger partial charge in [0.1, 0.15) is 50.3 Å². The molecule has 2 rings (SSSR count). The predicted molar refractivity (Wildman–Crippen MR) is 222 cm³/mol. The first kappa shape index (κ1) is 47.8. The van der Waals surface area contributed by atoms with Crippen LogP contribution in [0.1, 0.15) is 129 Å². The zero-order valence-electron chi connectivity index (χ0n) is 34.2. The summed E-state index contributed by atoms with van der Waals surface area (Å²) in [6, 6.07) is 16.4. The molecule has 8 heteroatoms. The number of benzene rings is 2. The van der Waals surface area contributed by atoms with Gasteiger partial charge < -0.3 is 29.0 Å². The molecule has 0 unspecified atom stereocenters. The van der Waals surface area contributed by atoms with Crippen molar-refractivity contribution in [1.82, 2.24) is 5.32 Å². The fourth-order valence-corrected chi connectivity index (χ4v) is 5.29. The Kier molecular flexibility index (Phi) is 28.6. The summed E-state index contributed by atoms with van der Waals surface area (Å²) >= 11 is 0. The fourth-order valence-electron chi connectivity index (χ4n) is 5.29. The van der Waals surface area contributed by atoms with Crippen LogP contribution in [0, 0.1) is 0 Å². The first-order valence-electron chi connectivity index (χ1n) is 20.3. The second kappa shape index (κ2) is 32.2. The van der Waals surface area contributed by atoms with E-state index in [0.29, 0.717) is 37.7 Å². The maximum Gasteiger partial charge on any atom is 0.407 e. The second-order valence-corrected chi connectivity index (χ2v) is 13.8. The third-order valence-corrected chi connectivity index (χ3v) is 8.63. The Hall–Kier alpha value is -4.20. The average molecular weight is 750 g/mol. The molecule has 2 aromatic rings. The zero-order valence-corrected chi connectivity index (χ0v) is 34.2. The van der Waals surface area contributed by atoms with E-state index in [4.69, 9.17) is 23.7 Å². The van der Waals surface area contributed by atoms with Gasteiger partial charge in [-0.2, -0.15) is 0 Å². The number of unbranched alkanes of at least 4 members (excludes halogenated alkanes) is 12. The van der Waals surface area contributed by atoms with Gasteiger partial charge in [-0.1, -0.05) is 135 Å². The zero-order chi connectivity index (χ0) is 39.7. The topological polar surface area (TPSA) is 92.3 Å². The van der Waals surface area contributed by atoms with E-state index in [-0.39, 0.29) is 19.2 Å². The molecule has 0 heterocycles. The Morgan fingerprint density at radius 3 is 1.37 bits per heavy atom. The number of rotatable bonds is 30. The van der Waals surface area contributed by atoms with E-state index in [9.17, 15) is 9.59 Å². The molecule has 0 aliphatic heterocycles. The van der Waals surface area contributed by atoms with E-state index in [1.807, 2.05) is 31.2 Å². The summed E-state index contributed by atoms with van der Waals surface area (Å²) in [6.07, 6.45) is 20.4. The monoisotopic (exact) mass is 750 g/mol. The highest BCUT2D eigenvalue weighted by atomic mass is 16.6. The van der Waals surface area contributed by atoms with Gasteiger partial charge in [0.25, 0.3) is 0 Å². The highest BCUT2D eigenvalue weighted by Gasteiger charge is 2.04. The van der Waals surface area contributed by atoms with E-state index in [2.05, 4.69) is 63.2 Å². The minimum absolute atomic E-state index is 0.185. The lowest BCUT2D eigenvalue weighted by Gasteiger charge is -2.11. The molecule has 0 saturated heterocycles. The molecule has 2 aromatic carbocycles. The van der Waals surface area contributed by atoms with Crippen molar-refractivity contribution in [1.29, 1.82) is 0 Å². The molecule has 0 atom stereocenters. The number of esters is 1. The number of hydrogen-bond acceptors (Lipinski definition) is 7. The van der Waals surface area contributed by atoms with Crippen molar-refractivity contribution in [2.24, 2.45) is 0 Å². The van der Waals surface area contributed by atoms with Crippen molar-refractivity contribution in [2.75, 3.05) is 39.6 Å². The van der Waals surface area contributed by atoms with Gasteiger partial charge in [-0.25, -0.2) is 9.59 Å². The Bertz CT molecular complexity index is 1300. The lowest BCUT2D eigenvalue weighted by Crippen LogP contribution is -2.29. The van der Waals surface area contributed by atoms with Crippen LogP contribution in [0.4, 0.5) is 4.79 Å². The number of allylic oxidation sites excluding steroid dienone is 1. The molecule has 0 radical (unpaired) electrons. The normalized spacial score (nSPS) is 10.4. The fraction of sp³-hybridized carbons (Fsp3) is 0.565. The van der Waals surface area contributed by atoms with Gasteiger partial charge in [0.2, 0.25) is 0 Å². The summed E-state index contributed by atoms with van der Waals surface area (Å²) in [7, 11) is 0. The van der Waals surface area contributed by atoms with Crippen LogP contribution >= 0.6 is 0 Å². The van der Waals surface area contributed by atoms with Crippen molar-refractivity contribution >= 4 is 12.1 Å². The van der Waals surface area contributed by atoms with Gasteiger partial charge in [-0.15, -0.1) is 0 Å². The second-order valence-electron chi connectivity index (χ2n) is 13.8. The molecule has 0 saturated carbocycles. The van der Waals surface area contributed by atoms with Crippen LogP contribution in [0.2, 0.25) is 0 Å². The quantitative estimate of drug-likeness (QED) is 0.0279. The molecule has 8 nitrogen and oxygen atoms in total. The number of nitrogens with one attached hydrogen (secondary N) is 1. The first-order chi connectivity index (χ1) is 26.2. The largest absolute Gasteiger partial charge is 0.492 e. The van der Waals surface area contributed by atoms with E-state index in [1.54, 1.807) is 6.92 Å². The average Bonchev–Trinajstić information content (AvgIpc) is 3.17. The van der Waals surface area contributed by atoms with Crippen molar-refractivity contribution in [3.8, 4) is 11.5 Å². The molecular weight excluding hydrogens is 679 g/mol. The lowest BCUT2D eigenvalue weighted by atomic mass is 10.0. The summed E-state index contributed by atoms with van der Waals surface area (Å²) in [5, 5.41) is 2.61. The van der Waals surface area contributed by atoms with Crippen LogP contribution in [0.3, 0.4) is 0 Å². The maximum absolute atomic E-state index is 11.6. The van der Waals surface area contributed by atoms with E-state index < -0.39 is 6.09 Å². The van der Waals surface area contributed by atoms with Crippen LogP contribution in [0.5, 0.6) is 11.5 Å². The molecule has 0 aromatic heterocycles. The van der Waals surface area contributed by atoms with Gasteiger partial charge in [0, 0.05) is 5.57 Å². The number of ether oxygens (including phenoxy) is 5. The lowest BCUT2D eigenvalue weighted by molar-refractivity contribution is -0.139. The van der Waals surface area contributed by atoms with Gasteiger partial charge in [-0.3, -0.25) is 0 Å². The minimum Gasteiger partial charge on any atom is -0.492 e. The molecule has 1 N–H and O–H groups in total. The third-order valence-electron chi connectivity index (χ3n) is 8.63. The Balaban J connectivity index is 0.000000553. The number of amides is 1. The Morgan fingerprint density at radius 2 is 0.944 bits per heavy atom. The molecular formula is C46H71NO7. The molecule has 0 aliphatic rings. The molecule has 302 valence electrons. The van der Waals surface area contributed by atoms with Crippen molar-refractivity contribution in [3.63, 3.8) is 0 Å². The molecule has 0 bridgehead atoms. The smallest absolute Gasteiger partial charge is 0.407 e. The third kappa shape index (κ3) is 26.5. The highest BCUT2D eigenvalue weighted by molar-refractivity contribution is 5.86. The number of hydrogen-bond donors (Lipinski definition) is 1. The summed E-state index contributed by atoms with van der Waals surface area (Å²) in [5.41, 5.74) is 3.86. The number of carbonyl (C=O) groups is 2. The summed E-state index contributed by atoms with van der Waals surface area (Å²) in [5.74, 6) is 1.74. The molecule has 1 amide bonds. The van der Waals surface area contributed by atoms with Gasteiger partial charge in [-0.05, 0) is 80.5 Å². The van der Waals surface area contributed by atoms with Crippen molar-refractivity contribution < 1.29 is 33.3 Å². The maximum atomic E-state index is 11.6. The first-order valence-corrected chi connectivity index (χ1v) is 20.3. The van der Waals surface area contributed by atoms with E-state index in [0.717, 1.165) is 29.9 Å². The number of alkyl carbamates (subject to hydrolysis) is 1. The van der Waals surface area contributed by atoms with Crippen LogP contribution in [-0.2, 0) is 31.8 Å². The summed E-state index contributed by atoms with van der Waals surface area (Å²) in [6.45, 7) is 20.7. The minimum atomic E-state index is -0.492. The van der Waals surface area contributed by atoms with Crippen LogP contribution in [-0.4, -0.2) is 51.6 Å². The van der Waals surface area contributed by atoms with Crippen LogP contribution < -0.4 is 14.8 Å². The SMILES string of the molecule is C=C(C)C(=C)OCCNC(=O)OCCOc1ccc(CCCCCCCCC)cc1.C=C(C)C(=O)OCCOc1ccc(CCCCCCCCC)cc1. The number of aryl methyl sites for hydroxylation is 2. The van der Waals surface area contributed by atoms with Gasteiger partial charge >= 0.3 is 12.1 Å². The molecule has 0 spiro atoms. The van der Waals surface area contributed by atoms with Crippen molar-refractivity contribution in [3.05, 3.63) is 96.3 Å². The summed E-state index contributed by atoms with van der Waals surface area (Å²) < 4.78 is 26.6. The van der Waals surface area contributed by atoms with Gasteiger partial charge in [0.05, 0.1) is 6.54 Å². The van der Waals surface area contributed by atoms with Crippen LogP contribution in [0.25, 0.3) is 0 Å². The van der Waals surface area contributed by atoms with Gasteiger partial charge in [0.15, 0.2) is 0 Å².